The number of nitro benzene ring substituents is 1. The van der Waals surface area contributed by atoms with Crippen LogP contribution in [0.15, 0.2) is 74.5 Å². The molecule has 0 spiro atoms. The summed E-state index contributed by atoms with van der Waals surface area (Å²) in [6.07, 6.45) is 1.58. The van der Waals surface area contributed by atoms with Crippen molar-refractivity contribution in [3.8, 4) is 0 Å². The SMILES string of the molecule is Cc1ccnc(N2C(=O)c3oc4ccc(Br)cc4c(=O)c3[C@@H]2c2ccc([N+](=O)[O-])cc2)c1. The molecule has 3 heterocycles. The summed E-state index contributed by atoms with van der Waals surface area (Å²) in [5.41, 5.74) is 1.47. The van der Waals surface area contributed by atoms with Crippen LogP contribution in [0.5, 0.6) is 0 Å². The Kier molecular flexibility index (Phi) is 4.63. The van der Waals surface area contributed by atoms with Crippen LogP contribution >= 0.6 is 15.9 Å². The summed E-state index contributed by atoms with van der Waals surface area (Å²) < 4.78 is 6.60. The number of aromatic nitrogens is 1. The number of fused-ring (bicyclic) bond motifs is 2. The van der Waals surface area contributed by atoms with E-state index in [-0.39, 0.29) is 22.4 Å². The number of halogens is 1. The summed E-state index contributed by atoms with van der Waals surface area (Å²) in [5, 5.41) is 11.4. The molecular formula is C23H14BrN3O5. The van der Waals surface area contributed by atoms with Crippen LogP contribution < -0.4 is 10.3 Å². The van der Waals surface area contributed by atoms with Gasteiger partial charge in [0.25, 0.3) is 11.6 Å². The van der Waals surface area contributed by atoms with Crippen LogP contribution in [-0.4, -0.2) is 15.8 Å². The van der Waals surface area contributed by atoms with E-state index >= 15 is 0 Å². The zero-order chi connectivity index (χ0) is 22.6. The number of benzene rings is 2. The Morgan fingerprint density at radius 2 is 1.84 bits per heavy atom. The minimum atomic E-state index is -0.841. The second-order valence-corrected chi connectivity index (χ2v) is 8.35. The summed E-state index contributed by atoms with van der Waals surface area (Å²) >= 11 is 3.37. The third-order valence-electron chi connectivity index (χ3n) is 5.40. The van der Waals surface area contributed by atoms with Crippen LogP contribution in [-0.2, 0) is 0 Å². The molecule has 1 aliphatic heterocycles. The van der Waals surface area contributed by atoms with Crippen molar-refractivity contribution in [2.45, 2.75) is 13.0 Å². The molecule has 9 heteroatoms. The average molecular weight is 492 g/mol. The van der Waals surface area contributed by atoms with E-state index < -0.39 is 16.9 Å². The highest BCUT2D eigenvalue weighted by molar-refractivity contribution is 9.10. The second kappa shape index (κ2) is 7.38. The first-order chi connectivity index (χ1) is 15.3. The van der Waals surface area contributed by atoms with Crippen LogP contribution in [0.4, 0.5) is 11.5 Å². The average Bonchev–Trinajstić information content (AvgIpc) is 3.07. The normalized spacial score (nSPS) is 15.2. The van der Waals surface area contributed by atoms with Gasteiger partial charge in [-0.3, -0.25) is 24.6 Å². The van der Waals surface area contributed by atoms with E-state index in [0.29, 0.717) is 26.8 Å². The first kappa shape index (κ1) is 20.1. The second-order valence-electron chi connectivity index (χ2n) is 7.43. The number of rotatable bonds is 3. The van der Waals surface area contributed by atoms with Crippen LogP contribution in [0.3, 0.4) is 0 Å². The van der Waals surface area contributed by atoms with E-state index in [9.17, 15) is 19.7 Å². The van der Waals surface area contributed by atoms with Crippen molar-refractivity contribution in [3.63, 3.8) is 0 Å². The molecule has 0 bridgehead atoms. The number of anilines is 1. The maximum atomic E-state index is 13.5. The first-order valence-corrected chi connectivity index (χ1v) is 10.4. The molecule has 0 aliphatic carbocycles. The van der Waals surface area contributed by atoms with Crippen molar-refractivity contribution < 1.29 is 14.1 Å². The smallest absolute Gasteiger partial charge is 0.296 e. The number of pyridine rings is 1. The summed E-state index contributed by atoms with van der Waals surface area (Å²) in [5.74, 6) is -0.200. The van der Waals surface area contributed by atoms with Gasteiger partial charge in [0.2, 0.25) is 5.76 Å². The molecule has 0 unspecified atom stereocenters. The zero-order valence-corrected chi connectivity index (χ0v) is 18.2. The molecule has 1 aliphatic rings. The zero-order valence-electron chi connectivity index (χ0n) is 16.6. The van der Waals surface area contributed by atoms with Gasteiger partial charge in [-0.1, -0.05) is 15.9 Å². The number of hydrogen-bond donors (Lipinski definition) is 0. The Hall–Kier alpha value is -3.85. The topological polar surface area (TPSA) is 107 Å². The van der Waals surface area contributed by atoms with Crippen molar-refractivity contribution in [1.29, 1.82) is 0 Å². The largest absolute Gasteiger partial charge is 0.450 e. The van der Waals surface area contributed by atoms with Gasteiger partial charge in [-0.05, 0) is 60.5 Å². The van der Waals surface area contributed by atoms with Crippen molar-refractivity contribution in [1.82, 2.24) is 4.98 Å². The fourth-order valence-corrected chi connectivity index (χ4v) is 4.29. The first-order valence-electron chi connectivity index (χ1n) is 9.62. The number of aryl methyl sites for hydroxylation is 1. The molecule has 32 heavy (non-hydrogen) atoms. The van der Waals surface area contributed by atoms with Gasteiger partial charge in [0.15, 0.2) is 5.43 Å². The number of non-ortho nitro benzene ring substituents is 1. The van der Waals surface area contributed by atoms with E-state index in [1.54, 1.807) is 48.7 Å². The minimum Gasteiger partial charge on any atom is -0.450 e. The molecule has 0 fully saturated rings. The lowest BCUT2D eigenvalue weighted by Gasteiger charge is -2.24. The molecule has 0 N–H and O–H groups in total. The highest BCUT2D eigenvalue weighted by atomic mass is 79.9. The number of hydrogen-bond acceptors (Lipinski definition) is 6. The Labute approximate surface area is 189 Å². The van der Waals surface area contributed by atoms with Gasteiger partial charge in [0, 0.05) is 22.8 Å². The number of nitrogens with zero attached hydrogens (tertiary/aromatic N) is 3. The number of carbonyl (C=O) groups excluding carboxylic acids is 1. The van der Waals surface area contributed by atoms with Gasteiger partial charge >= 0.3 is 0 Å². The molecule has 5 rings (SSSR count). The molecule has 2 aromatic carbocycles. The molecule has 158 valence electrons. The molecule has 0 radical (unpaired) electrons. The van der Waals surface area contributed by atoms with Crippen LogP contribution in [0.2, 0.25) is 0 Å². The van der Waals surface area contributed by atoms with E-state index in [1.807, 2.05) is 6.92 Å². The number of carbonyl (C=O) groups is 1. The van der Waals surface area contributed by atoms with Gasteiger partial charge < -0.3 is 4.42 Å². The summed E-state index contributed by atoms with van der Waals surface area (Å²) in [4.78, 5) is 43.3. The lowest BCUT2D eigenvalue weighted by molar-refractivity contribution is -0.384. The van der Waals surface area contributed by atoms with Gasteiger partial charge in [-0.25, -0.2) is 4.98 Å². The molecule has 0 saturated carbocycles. The number of nitro groups is 1. The molecule has 2 aromatic heterocycles. The Balaban J connectivity index is 1.80. The minimum absolute atomic E-state index is 0.0588. The fraction of sp³-hybridized carbons (Fsp3) is 0.0870. The molecule has 1 atom stereocenters. The summed E-state index contributed by atoms with van der Waals surface area (Å²) in [7, 11) is 0. The van der Waals surface area contributed by atoms with Crippen LogP contribution in [0, 0.1) is 17.0 Å². The molecular weight excluding hydrogens is 478 g/mol. The molecule has 8 nitrogen and oxygen atoms in total. The third-order valence-corrected chi connectivity index (χ3v) is 5.89. The Morgan fingerprint density at radius 3 is 2.53 bits per heavy atom. The number of amides is 1. The van der Waals surface area contributed by atoms with Gasteiger partial charge in [0.1, 0.15) is 11.4 Å². The maximum absolute atomic E-state index is 13.5. The molecule has 1 amide bonds. The third kappa shape index (κ3) is 3.09. The summed E-state index contributed by atoms with van der Waals surface area (Å²) in [6.45, 7) is 1.87. The van der Waals surface area contributed by atoms with E-state index in [0.717, 1.165) is 5.56 Å². The monoisotopic (exact) mass is 491 g/mol. The van der Waals surface area contributed by atoms with Crippen molar-refractivity contribution in [2.75, 3.05) is 4.90 Å². The van der Waals surface area contributed by atoms with Gasteiger partial charge in [-0.15, -0.1) is 0 Å². The molecule has 0 saturated heterocycles. The standard InChI is InChI=1S/C23H14BrN3O5/c1-12-8-9-25-18(10-12)26-20(13-2-5-15(6-3-13)27(30)31)19-21(28)16-11-14(24)4-7-17(16)32-22(19)23(26)29/h2-11,20H,1H3/t20-/m0/s1. The van der Waals surface area contributed by atoms with Crippen molar-refractivity contribution in [2.24, 2.45) is 0 Å². The van der Waals surface area contributed by atoms with Crippen LogP contribution in [0.25, 0.3) is 11.0 Å². The Bertz CT molecular complexity index is 1480. The lowest BCUT2D eigenvalue weighted by atomic mass is 9.98. The highest BCUT2D eigenvalue weighted by Crippen LogP contribution is 2.41. The quantitative estimate of drug-likeness (QED) is 0.297. The van der Waals surface area contributed by atoms with Gasteiger partial charge in [0.05, 0.1) is 21.9 Å². The molecule has 4 aromatic rings. The van der Waals surface area contributed by atoms with Crippen molar-refractivity contribution >= 4 is 44.3 Å². The van der Waals surface area contributed by atoms with Crippen molar-refractivity contribution in [3.05, 3.63) is 108 Å². The lowest BCUT2D eigenvalue weighted by Crippen LogP contribution is -2.30. The van der Waals surface area contributed by atoms with E-state index in [1.165, 1.54) is 17.0 Å². The fourth-order valence-electron chi connectivity index (χ4n) is 3.93. The summed E-state index contributed by atoms with van der Waals surface area (Å²) in [6, 6.07) is 13.5. The predicted octanol–water partition coefficient (Wildman–Crippen LogP) is 4.92. The predicted molar refractivity (Wildman–Crippen MR) is 121 cm³/mol. The van der Waals surface area contributed by atoms with Crippen LogP contribution in [0.1, 0.15) is 33.3 Å². The highest BCUT2D eigenvalue weighted by Gasteiger charge is 2.44. The van der Waals surface area contributed by atoms with E-state index in [4.69, 9.17) is 4.42 Å². The van der Waals surface area contributed by atoms with E-state index in [2.05, 4.69) is 20.9 Å². The Morgan fingerprint density at radius 1 is 1.09 bits per heavy atom. The maximum Gasteiger partial charge on any atom is 0.296 e. The van der Waals surface area contributed by atoms with Gasteiger partial charge in [-0.2, -0.15) is 0 Å².